The lowest BCUT2D eigenvalue weighted by atomic mass is 10.2. The lowest BCUT2D eigenvalue weighted by Crippen LogP contribution is -2.27. The smallest absolute Gasteiger partial charge is 0.303 e. The van der Waals surface area contributed by atoms with Gasteiger partial charge in [0.2, 0.25) is 0 Å². The molecule has 0 aliphatic heterocycles. The maximum absolute atomic E-state index is 11.3. The fourth-order valence-corrected chi connectivity index (χ4v) is 2.43. The third kappa shape index (κ3) is 9.60. The van der Waals surface area contributed by atoms with Crippen LogP contribution in [0.25, 0.3) is 12.2 Å². The molecule has 6 heteroatoms. The minimum Gasteiger partial charge on any atom is -0.508 e. The Hall–Kier alpha value is -3.09. The van der Waals surface area contributed by atoms with Crippen molar-refractivity contribution >= 4 is 18.1 Å². The molecule has 0 radical (unpaired) electrons. The molecule has 29 heavy (non-hydrogen) atoms. The molecule has 0 saturated carbocycles. The van der Waals surface area contributed by atoms with Crippen LogP contribution in [-0.4, -0.2) is 48.7 Å². The minimum atomic E-state index is -0.489. The van der Waals surface area contributed by atoms with Crippen LogP contribution < -0.4 is 0 Å². The third-order valence-corrected chi connectivity index (χ3v) is 3.78. The first kappa shape index (κ1) is 22.2. The van der Waals surface area contributed by atoms with Crippen molar-refractivity contribution in [2.24, 2.45) is 0 Å². The summed E-state index contributed by atoms with van der Waals surface area (Å²) in [5.74, 6) is 0.0579. The largest absolute Gasteiger partial charge is 0.508 e. The van der Waals surface area contributed by atoms with Gasteiger partial charge >= 0.3 is 5.97 Å². The summed E-state index contributed by atoms with van der Waals surface area (Å²) < 4.78 is 16.3. The molecular weight excluding hydrogens is 372 g/mol. The lowest BCUT2D eigenvalue weighted by molar-refractivity contribution is -0.152. The molecule has 2 aromatic rings. The minimum absolute atomic E-state index is 0.223. The van der Waals surface area contributed by atoms with Crippen LogP contribution in [0.3, 0.4) is 0 Å². The first-order valence-corrected chi connectivity index (χ1v) is 9.27. The Kier molecular flexibility index (Phi) is 9.48. The molecule has 0 fully saturated rings. The Balaban J connectivity index is 1.68. The van der Waals surface area contributed by atoms with Gasteiger partial charge in [-0.05, 0) is 35.4 Å². The molecule has 2 rings (SSSR count). The zero-order chi connectivity index (χ0) is 20.9. The molecule has 0 spiro atoms. The van der Waals surface area contributed by atoms with E-state index in [1.807, 2.05) is 24.3 Å². The van der Waals surface area contributed by atoms with Gasteiger partial charge in [0.25, 0.3) is 0 Å². The van der Waals surface area contributed by atoms with Gasteiger partial charge in [0.1, 0.15) is 17.6 Å². The molecule has 2 N–H and O–H groups in total. The van der Waals surface area contributed by atoms with Gasteiger partial charge in [0.05, 0.1) is 26.4 Å². The fourth-order valence-electron chi connectivity index (χ4n) is 2.43. The normalized spacial score (nSPS) is 11.5. The number of esters is 1. The van der Waals surface area contributed by atoms with E-state index in [9.17, 15) is 15.0 Å². The molecule has 0 unspecified atom stereocenters. The van der Waals surface area contributed by atoms with Crippen molar-refractivity contribution in [1.29, 1.82) is 0 Å². The number of ether oxygens (including phenoxy) is 3. The van der Waals surface area contributed by atoms with Crippen molar-refractivity contribution in [3.05, 3.63) is 71.8 Å². The number of benzene rings is 2. The van der Waals surface area contributed by atoms with Gasteiger partial charge in [-0.15, -0.1) is 0 Å². The topological polar surface area (TPSA) is 85.2 Å². The molecule has 0 heterocycles. The van der Waals surface area contributed by atoms with E-state index in [0.717, 1.165) is 11.1 Å². The van der Waals surface area contributed by atoms with E-state index in [1.165, 1.54) is 6.92 Å². The Morgan fingerprint density at radius 2 is 1.24 bits per heavy atom. The second-order valence-corrected chi connectivity index (χ2v) is 6.29. The fraction of sp³-hybridized carbons (Fsp3) is 0.261. The summed E-state index contributed by atoms with van der Waals surface area (Å²) >= 11 is 0. The standard InChI is InChI=1S/C23H26O6/c1-18(24)29-23(16-27-14-2-4-19-6-10-21(25)11-7-19)17-28-15-3-5-20-8-12-22(26)13-9-20/h2-13,23,25-26H,14-17H2,1H3/b4-2+,5-3+. The Morgan fingerprint density at radius 3 is 1.62 bits per heavy atom. The SMILES string of the molecule is CC(=O)OC(COC/C=C/c1ccc(O)cc1)COC/C=C/c1ccc(O)cc1. The van der Waals surface area contributed by atoms with Crippen molar-refractivity contribution in [1.82, 2.24) is 0 Å². The van der Waals surface area contributed by atoms with Gasteiger partial charge < -0.3 is 24.4 Å². The lowest BCUT2D eigenvalue weighted by Gasteiger charge is -2.16. The highest BCUT2D eigenvalue weighted by atomic mass is 16.6. The molecule has 154 valence electrons. The number of hydrogen-bond acceptors (Lipinski definition) is 6. The van der Waals surface area contributed by atoms with Gasteiger partial charge in [0, 0.05) is 6.92 Å². The number of phenolic OH excluding ortho intramolecular Hbond substituents is 2. The quantitative estimate of drug-likeness (QED) is 0.443. The second kappa shape index (κ2) is 12.4. The first-order valence-electron chi connectivity index (χ1n) is 9.27. The molecule has 0 amide bonds. The molecule has 0 saturated heterocycles. The summed E-state index contributed by atoms with van der Waals surface area (Å²) in [6.45, 7) is 2.52. The van der Waals surface area contributed by atoms with Gasteiger partial charge in [-0.3, -0.25) is 4.79 Å². The Labute approximate surface area is 170 Å². The summed E-state index contributed by atoms with van der Waals surface area (Å²) in [6.07, 6.45) is 6.96. The predicted octanol–water partition coefficient (Wildman–Crippen LogP) is 3.79. The van der Waals surface area contributed by atoms with Crippen LogP contribution in [-0.2, 0) is 19.0 Å². The van der Waals surface area contributed by atoms with Crippen molar-refractivity contribution in [2.75, 3.05) is 26.4 Å². The van der Waals surface area contributed by atoms with Crippen LogP contribution in [0, 0.1) is 0 Å². The highest BCUT2D eigenvalue weighted by molar-refractivity contribution is 5.66. The van der Waals surface area contributed by atoms with Crippen molar-refractivity contribution in [3.8, 4) is 11.5 Å². The molecule has 0 aliphatic carbocycles. The maximum Gasteiger partial charge on any atom is 0.303 e. The summed E-state index contributed by atoms with van der Waals surface area (Å²) in [5.41, 5.74) is 1.90. The van der Waals surface area contributed by atoms with Crippen LogP contribution >= 0.6 is 0 Å². The number of rotatable bonds is 11. The number of phenols is 2. The van der Waals surface area contributed by atoms with E-state index >= 15 is 0 Å². The average molecular weight is 398 g/mol. The monoisotopic (exact) mass is 398 g/mol. The van der Waals surface area contributed by atoms with E-state index in [2.05, 4.69) is 0 Å². The van der Waals surface area contributed by atoms with Crippen molar-refractivity contribution in [3.63, 3.8) is 0 Å². The number of carbonyl (C=O) groups excluding carboxylic acids is 1. The highest BCUT2D eigenvalue weighted by Gasteiger charge is 2.12. The third-order valence-electron chi connectivity index (χ3n) is 3.78. The van der Waals surface area contributed by atoms with Crippen LogP contribution in [0.15, 0.2) is 60.7 Å². The molecule has 0 aliphatic rings. The molecule has 0 atom stereocenters. The Morgan fingerprint density at radius 1 is 0.828 bits per heavy atom. The van der Waals surface area contributed by atoms with Gasteiger partial charge in [-0.2, -0.15) is 0 Å². The van der Waals surface area contributed by atoms with Crippen LogP contribution in [0.5, 0.6) is 11.5 Å². The first-order chi connectivity index (χ1) is 14.0. The van der Waals surface area contributed by atoms with E-state index in [1.54, 1.807) is 48.5 Å². The molecule has 0 bridgehead atoms. The average Bonchev–Trinajstić information content (AvgIpc) is 2.69. The second-order valence-electron chi connectivity index (χ2n) is 6.29. The predicted molar refractivity (Wildman–Crippen MR) is 111 cm³/mol. The van der Waals surface area contributed by atoms with E-state index in [4.69, 9.17) is 14.2 Å². The molecule has 6 nitrogen and oxygen atoms in total. The van der Waals surface area contributed by atoms with Gasteiger partial charge in [-0.25, -0.2) is 0 Å². The number of aromatic hydroxyl groups is 2. The van der Waals surface area contributed by atoms with Gasteiger partial charge in [-0.1, -0.05) is 48.6 Å². The highest BCUT2D eigenvalue weighted by Crippen LogP contribution is 2.11. The van der Waals surface area contributed by atoms with Crippen molar-refractivity contribution < 1.29 is 29.2 Å². The van der Waals surface area contributed by atoms with E-state index in [0.29, 0.717) is 13.2 Å². The van der Waals surface area contributed by atoms with Crippen molar-refractivity contribution in [2.45, 2.75) is 13.0 Å². The zero-order valence-corrected chi connectivity index (χ0v) is 16.4. The molecule has 2 aromatic carbocycles. The zero-order valence-electron chi connectivity index (χ0n) is 16.4. The van der Waals surface area contributed by atoms with Crippen LogP contribution in [0.4, 0.5) is 0 Å². The van der Waals surface area contributed by atoms with Gasteiger partial charge in [0.15, 0.2) is 0 Å². The van der Waals surface area contributed by atoms with E-state index < -0.39 is 6.10 Å². The molecule has 0 aromatic heterocycles. The summed E-state index contributed by atoms with van der Waals surface area (Å²) in [5, 5.41) is 18.5. The van der Waals surface area contributed by atoms with E-state index in [-0.39, 0.29) is 30.7 Å². The maximum atomic E-state index is 11.3. The van der Waals surface area contributed by atoms with Crippen LogP contribution in [0.1, 0.15) is 18.1 Å². The number of hydrogen-bond donors (Lipinski definition) is 2. The summed E-state index contributed by atoms with van der Waals surface area (Å²) in [6, 6.07) is 13.7. The summed E-state index contributed by atoms with van der Waals surface area (Å²) in [4.78, 5) is 11.3. The summed E-state index contributed by atoms with van der Waals surface area (Å²) in [7, 11) is 0. The van der Waals surface area contributed by atoms with Crippen LogP contribution in [0.2, 0.25) is 0 Å². The molecular formula is C23H26O6. The Bertz CT molecular complexity index is 732. The number of carbonyl (C=O) groups is 1.